The number of rotatable bonds is 3. The van der Waals surface area contributed by atoms with Gasteiger partial charge in [0.2, 0.25) is 5.95 Å². The van der Waals surface area contributed by atoms with Gasteiger partial charge in [0.25, 0.3) is 0 Å². The minimum atomic E-state index is -0.450. The summed E-state index contributed by atoms with van der Waals surface area (Å²) in [6, 6.07) is 6.72. The Labute approximate surface area is 114 Å². The maximum Gasteiger partial charge on any atom is 0.201 e. The summed E-state index contributed by atoms with van der Waals surface area (Å²) in [5, 5.41) is 0. The maximum atomic E-state index is 13.7. The number of fused-ring (bicyclic) bond motifs is 1. The summed E-state index contributed by atoms with van der Waals surface area (Å²) in [5.41, 5.74) is 8.20. The topological polar surface area (TPSA) is 66.0 Å². The van der Waals surface area contributed by atoms with Crippen LogP contribution in [-0.4, -0.2) is 21.6 Å². The molecular formula is C14H13FN4O. The molecule has 2 N–H and O–H groups in total. The van der Waals surface area contributed by atoms with Crippen molar-refractivity contribution in [2.45, 2.75) is 6.54 Å². The summed E-state index contributed by atoms with van der Waals surface area (Å²) in [4.78, 5) is 8.15. The van der Waals surface area contributed by atoms with E-state index in [0.717, 1.165) is 11.1 Å². The third-order valence-electron chi connectivity index (χ3n) is 3.14. The molecule has 5 nitrogen and oxygen atoms in total. The molecular weight excluding hydrogens is 259 g/mol. The molecule has 0 saturated heterocycles. The van der Waals surface area contributed by atoms with Crippen molar-refractivity contribution in [3.63, 3.8) is 0 Å². The number of hydrogen-bond donors (Lipinski definition) is 1. The van der Waals surface area contributed by atoms with Crippen LogP contribution in [0.2, 0.25) is 0 Å². The first-order valence-electron chi connectivity index (χ1n) is 6.07. The van der Waals surface area contributed by atoms with Gasteiger partial charge in [-0.05, 0) is 17.7 Å². The number of anilines is 1. The van der Waals surface area contributed by atoms with Crippen LogP contribution in [0.3, 0.4) is 0 Å². The Bertz CT molecular complexity index is 755. The van der Waals surface area contributed by atoms with Crippen molar-refractivity contribution in [3.8, 4) is 5.75 Å². The van der Waals surface area contributed by atoms with Crippen LogP contribution in [0.4, 0.5) is 10.3 Å². The molecule has 0 fully saturated rings. The van der Waals surface area contributed by atoms with Gasteiger partial charge in [-0.15, -0.1) is 0 Å². The Kier molecular flexibility index (Phi) is 2.98. The molecule has 0 aliphatic carbocycles. The lowest BCUT2D eigenvalue weighted by Crippen LogP contribution is -2.04. The minimum Gasteiger partial charge on any atom is -0.494 e. The molecule has 0 saturated carbocycles. The maximum absolute atomic E-state index is 13.7. The molecule has 0 aliphatic rings. The van der Waals surface area contributed by atoms with E-state index >= 15 is 0 Å². The van der Waals surface area contributed by atoms with Crippen LogP contribution < -0.4 is 10.5 Å². The van der Waals surface area contributed by atoms with Crippen molar-refractivity contribution in [1.29, 1.82) is 0 Å². The number of methoxy groups -OCH3 is 1. The van der Waals surface area contributed by atoms with E-state index in [4.69, 9.17) is 10.5 Å². The number of pyridine rings is 1. The highest BCUT2D eigenvalue weighted by Crippen LogP contribution is 2.26. The molecule has 0 amide bonds. The van der Waals surface area contributed by atoms with Gasteiger partial charge in [0.1, 0.15) is 0 Å². The Morgan fingerprint density at radius 3 is 2.75 bits per heavy atom. The van der Waals surface area contributed by atoms with Crippen LogP contribution in [0.25, 0.3) is 11.0 Å². The number of aromatic nitrogens is 3. The molecule has 102 valence electrons. The lowest BCUT2D eigenvalue weighted by Gasteiger charge is -2.07. The van der Waals surface area contributed by atoms with Crippen molar-refractivity contribution in [1.82, 2.24) is 14.5 Å². The fourth-order valence-corrected chi connectivity index (χ4v) is 2.14. The first-order valence-corrected chi connectivity index (χ1v) is 6.07. The molecule has 0 unspecified atom stereocenters. The quantitative estimate of drug-likeness (QED) is 0.794. The Morgan fingerprint density at radius 2 is 2.05 bits per heavy atom. The second-order valence-corrected chi connectivity index (χ2v) is 4.39. The van der Waals surface area contributed by atoms with E-state index in [1.165, 1.54) is 13.2 Å². The second-order valence-electron chi connectivity index (χ2n) is 4.39. The highest BCUT2D eigenvalue weighted by atomic mass is 19.1. The summed E-state index contributed by atoms with van der Waals surface area (Å²) >= 11 is 0. The summed E-state index contributed by atoms with van der Waals surface area (Å²) in [6.07, 6.45) is 3.43. The zero-order valence-corrected chi connectivity index (χ0v) is 10.9. The average Bonchev–Trinajstić information content (AvgIpc) is 2.74. The fraction of sp³-hybridized carbons (Fsp3) is 0.143. The number of ether oxygens (including phenoxy) is 1. The SMILES string of the molecule is COc1cc2c(cc1F)nc(N)n2Cc1ccncc1. The van der Waals surface area contributed by atoms with E-state index in [2.05, 4.69) is 9.97 Å². The standard InChI is InChI=1S/C14H13FN4O/c1-20-13-7-12-11(6-10(13)15)18-14(16)19(12)8-9-2-4-17-5-3-9/h2-7H,8H2,1H3,(H2,16,18). The third kappa shape index (κ3) is 2.05. The smallest absolute Gasteiger partial charge is 0.201 e. The van der Waals surface area contributed by atoms with Crippen LogP contribution in [-0.2, 0) is 6.54 Å². The largest absolute Gasteiger partial charge is 0.494 e. The van der Waals surface area contributed by atoms with E-state index in [-0.39, 0.29) is 5.75 Å². The highest BCUT2D eigenvalue weighted by molar-refractivity contribution is 5.80. The molecule has 0 spiro atoms. The van der Waals surface area contributed by atoms with Crippen LogP contribution in [0.15, 0.2) is 36.7 Å². The molecule has 20 heavy (non-hydrogen) atoms. The minimum absolute atomic E-state index is 0.174. The summed E-state index contributed by atoms with van der Waals surface area (Å²) in [7, 11) is 1.43. The monoisotopic (exact) mass is 272 g/mol. The van der Waals surface area contributed by atoms with Crippen LogP contribution in [0.5, 0.6) is 5.75 Å². The van der Waals surface area contributed by atoms with Crippen molar-refractivity contribution in [2.75, 3.05) is 12.8 Å². The number of hydrogen-bond acceptors (Lipinski definition) is 4. The lowest BCUT2D eigenvalue weighted by atomic mass is 10.2. The molecule has 3 aromatic rings. The predicted molar refractivity (Wildman–Crippen MR) is 74.0 cm³/mol. The third-order valence-corrected chi connectivity index (χ3v) is 3.14. The van der Waals surface area contributed by atoms with Gasteiger partial charge in [-0.25, -0.2) is 9.37 Å². The Hall–Kier alpha value is -2.63. The van der Waals surface area contributed by atoms with Crippen LogP contribution in [0.1, 0.15) is 5.56 Å². The van der Waals surface area contributed by atoms with Gasteiger partial charge in [-0.2, -0.15) is 0 Å². The molecule has 0 aliphatic heterocycles. The molecule has 2 heterocycles. The van der Waals surface area contributed by atoms with Crippen molar-refractivity contribution >= 4 is 17.0 Å². The number of nitrogens with zero attached hydrogens (tertiary/aromatic N) is 3. The highest BCUT2D eigenvalue weighted by Gasteiger charge is 2.13. The van der Waals surface area contributed by atoms with E-state index in [1.54, 1.807) is 18.5 Å². The second kappa shape index (κ2) is 4.80. The Morgan fingerprint density at radius 1 is 1.30 bits per heavy atom. The lowest BCUT2D eigenvalue weighted by molar-refractivity contribution is 0.387. The van der Waals surface area contributed by atoms with Gasteiger partial charge in [-0.1, -0.05) is 0 Å². The Balaban J connectivity index is 2.12. The van der Waals surface area contributed by atoms with Crippen LogP contribution >= 0.6 is 0 Å². The molecule has 1 aromatic carbocycles. The number of benzene rings is 1. The van der Waals surface area contributed by atoms with Crippen molar-refractivity contribution in [2.24, 2.45) is 0 Å². The van der Waals surface area contributed by atoms with Gasteiger partial charge in [0.15, 0.2) is 11.6 Å². The van der Waals surface area contributed by atoms with Gasteiger partial charge >= 0.3 is 0 Å². The predicted octanol–water partition coefficient (Wildman–Crippen LogP) is 2.21. The van der Waals surface area contributed by atoms with Gasteiger partial charge in [-0.3, -0.25) is 4.98 Å². The molecule has 0 bridgehead atoms. The number of nitrogen functional groups attached to an aromatic ring is 1. The van der Waals surface area contributed by atoms with E-state index in [0.29, 0.717) is 18.0 Å². The van der Waals surface area contributed by atoms with Crippen LogP contribution in [0, 0.1) is 5.82 Å². The van der Waals surface area contributed by atoms with Gasteiger partial charge < -0.3 is 15.0 Å². The normalized spacial score (nSPS) is 10.9. The van der Waals surface area contributed by atoms with Gasteiger partial charge in [0.05, 0.1) is 24.7 Å². The molecule has 0 atom stereocenters. The van der Waals surface area contributed by atoms with Crippen molar-refractivity contribution < 1.29 is 9.13 Å². The molecule has 2 aromatic heterocycles. The zero-order chi connectivity index (χ0) is 14.1. The molecule has 0 radical (unpaired) electrons. The first-order chi connectivity index (χ1) is 9.69. The number of halogens is 1. The average molecular weight is 272 g/mol. The fourth-order valence-electron chi connectivity index (χ4n) is 2.14. The first kappa shape index (κ1) is 12.4. The summed E-state index contributed by atoms with van der Waals surface area (Å²) in [6.45, 7) is 0.541. The van der Waals surface area contributed by atoms with E-state index < -0.39 is 5.82 Å². The number of imidazole rings is 1. The molecule has 3 rings (SSSR count). The zero-order valence-electron chi connectivity index (χ0n) is 10.9. The molecule has 6 heteroatoms. The van der Waals surface area contributed by atoms with Crippen molar-refractivity contribution in [3.05, 3.63) is 48.0 Å². The van der Waals surface area contributed by atoms with E-state index in [1.807, 2.05) is 16.7 Å². The summed E-state index contributed by atoms with van der Waals surface area (Å²) in [5.74, 6) is 0.0615. The summed E-state index contributed by atoms with van der Waals surface area (Å²) < 4.78 is 20.5. The van der Waals surface area contributed by atoms with Gasteiger partial charge in [0, 0.05) is 24.5 Å². The van der Waals surface area contributed by atoms with E-state index in [9.17, 15) is 4.39 Å². The number of nitrogens with two attached hydrogens (primary N) is 1.